The van der Waals surface area contributed by atoms with E-state index in [1.165, 1.54) is 17.7 Å². The van der Waals surface area contributed by atoms with Crippen LogP contribution >= 0.6 is 0 Å². The van der Waals surface area contributed by atoms with Gasteiger partial charge in [-0.3, -0.25) is 9.59 Å². The zero-order valence-electron chi connectivity index (χ0n) is 23.4. The molecule has 0 aliphatic rings. The van der Waals surface area contributed by atoms with Gasteiger partial charge in [-0.2, -0.15) is 0 Å². The van der Waals surface area contributed by atoms with Gasteiger partial charge in [0.2, 0.25) is 12.3 Å². The quantitative estimate of drug-likeness (QED) is 0.147. The highest BCUT2D eigenvalue weighted by atomic mass is 16.5. The minimum Gasteiger partial charge on any atom is -0.394 e. The molecule has 9 nitrogen and oxygen atoms in total. The molecular formula is C26H54N2O7. The second-order valence-electron chi connectivity index (χ2n) is 10.1. The Hall–Kier alpha value is -1.26. The molecule has 0 radical (unpaired) electrons. The normalized spacial score (nSPS) is 12.1. The summed E-state index contributed by atoms with van der Waals surface area (Å²) in [6, 6.07) is 0. The molecule has 0 bridgehead atoms. The standard InChI is InChI=1S/C19H38N2O6.C7H16O/c1-6-18(4,5)27-11-8-17(2,3)16(26)21(10-7-9-20-15-25)19(12-22,13-23)14-24;1-3-5-7-8-6-4-2/h15,22-24H,6-14H2,1-5H3,(H,20,25);3-7H2,1-2H3. The highest BCUT2D eigenvalue weighted by Gasteiger charge is 2.43. The van der Waals surface area contributed by atoms with Crippen LogP contribution in [0.1, 0.15) is 87.0 Å². The van der Waals surface area contributed by atoms with Crippen molar-refractivity contribution >= 4 is 12.3 Å². The number of amides is 2. The smallest absolute Gasteiger partial charge is 0.229 e. The van der Waals surface area contributed by atoms with Gasteiger partial charge in [0.05, 0.1) is 25.4 Å². The van der Waals surface area contributed by atoms with E-state index in [1.807, 2.05) is 20.8 Å². The van der Waals surface area contributed by atoms with Crippen LogP contribution < -0.4 is 5.32 Å². The number of carbonyl (C=O) groups excluding carboxylic acids is 2. The summed E-state index contributed by atoms with van der Waals surface area (Å²) < 4.78 is 11.1. The van der Waals surface area contributed by atoms with Gasteiger partial charge in [-0.1, -0.05) is 41.0 Å². The van der Waals surface area contributed by atoms with Gasteiger partial charge in [-0.15, -0.1) is 0 Å². The fraction of sp³-hybridized carbons (Fsp3) is 0.923. The summed E-state index contributed by atoms with van der Waals surface area (Å²) >= 11 is 0. The van der Waals surface area contributed by atoms with E-state index < -0.39 is 30.8 Å². The number of hydrogen-bond donors (Lipinski definition) is 4. The van der Waals surface area contributed by atoms with Crippen LogP contribution in [0.25, 0.3) is 0 Å². The molecule has 0 aromatic rings. The fourth-order valence-corrected chi connectivity index (χ4v) is 3.01. The third-order valence-corrected chi connectivity index (χ3v) is 6.13. The van der Waals surface area contributed by atoms with Crippen LogP contribution in [0.3, 0.4) is 0 Å². The molecule has 0 unspecified atom stereocenters. The second kappa shape index (κ2) is 19.9. The van der Waals surface area contributed by atoms with Crippen LogP contribution in [-0.4, -0.2) is 96.4 Å². The van der Waals surface area contributed by atoms with E-state index in [0.29, 0.717) is 32.4 Å². The first kappa shape index (κ1) is 35.9. The average Bonchev–Trinajstić information content (AvgIpc) is 2.84. The molecule has 0 saturated heterocycles. The van der Waals surface area contributed by atoms with Crippen LogP contribution in [-0.2, 0) is 19.1 Å². The number of aliphatic hydroxyl groups excluding tert-OH is 3. The van der Waals surface area contributed by atoms with Crippen molar-refractivity contribution in [3.05, 3.63) is 0 Å². The van der Waals surface area contributed by atoms with Crippen LogP contribution in [0.15, 0.2) is 0 Å². The van der Waals surface area contributed by atoms with Gasteiger partial charge >= 0.3 is 0 Å². The van der Waals surface area contributed by atoms with E-state index in [0.717, 1.165) is 26.1 Å². The number of nitrogens with one attached hydrogen (secondary N) is 1. The molecular weight excluding hydrogens is 452 g/mol. The van der Waals surface area contributed by atoms with Gasteiger partial charge < -0.3 is 35.0 Å². The molecule has 0 aromatic carbocycles. The second-order valence-corrected chi connectivity index (χ2v) is 10.1. The maximum atomic E-state index is 13.2. The Morgan fingerprint density at radius 1 is 0.914 bits per heavy atom. The molecule has 0 aliphatic carbocycles. The molecule has 0 fully saturated rings. The van der Waals surface area contributed by atoms with Gasteiger partial charge in [0.15, 0.2) is 0 Å². The van der Waals surface area contributed by atoms with Gasteiger partial charge in [0, 0.05) is 38.3 Å². The highest BCUT2D eigenvalue weighted by Crippen LogP contribution is 2.29. The van der Waals surface area contributed by atoms with Crippen LogP contribution in [0.2, 0.25) is 0 Å². The molecule has 4 N–H and O–H groups in total. The van der Waals surface area contributed by atoms with E-state index in [2.05, 4.69) is 19.2 Å². The zero-order valence-corrected chi connectivity index (χ0v) is 23.4. The summed E-state index contributed by atoms with van der Waals surface area (Å²) in [6.45, 7) is 15.0. The summed E-state index contributed by atoms with van der Waals surface area (Å²) in [5.41, 5.74) is -2.55. The molecule has 0 aromatic heterocycles. The predicted molar refractivity (Wildman–Crippen MR) is 139 cm³/mol. The van der Waals surface area contributed by atoms with Crippen molar-refractivity contribution in [2.45, 2.75) is 98.1 Å². The maximum absolute atomic E-state index is 13.2. The summed E-state index contributed by atoms with van der Waals surface area (Å²) in [6.07, 6.45) is 5.89. The first-order valence-electron chi connectivity index (χ1n) is 13.0. The minimum atomic E-state index is -1.46. The Morgan fingerprint density at radius 2 is 1.51 bits per heavy atom. The van der Waals surface area contributed by atoms with Crippen LogP contribution in [0.4, 0.5) is 0 Å². The van der Waals surface area contributed by atoms with Crippen LogP contribution in [0.5, 0.6) is 0 Å². The van der Waals surface area contributed by atoms with Crippen molar-refractivity contribution < 1.29 is 34.4 Å². The Kier molecular flexibility index (Phi) is 20.4. The largest absolute Gasteiger partial charge is 0.394 e. The van der Waals surface area contributed by atoms with E-state index in [9.17, 15) is 24.9 Å². The molecule has 0 saturated carbocycles. The summed E-state index contributed by atoms with van der Waals surface area (Å²) in [7, 11) is 0. The molecule has 0 atom stereocenters. The summed E-state index contributed by atoms with van der Waals surface area (Å²) in [5, 5.41) is 31.8. The molecule has 9 heteroatoms. The molecule has 35 heavy (non-hydrogen) atoms. The van der Waals surface area contributed by atoms with E-state index in [4.69, 9.17) is 9.47 Å². The topological polar surface area (TPSA) is 129 Å². The zero-order chi connectivity index (χ0) is 27.4. The van der Waals surface area contributed by atoms with E-state index in [-0.39, 0.29) is 18.1 Å². The first-order chi connectivity index (χ1) is 16.5. The molecule has 210 valence electrons. The third kappa shape index (κ3) is 14.8. The Labute approximate surface area is 213 Å². The van der Waals surface area contributed by atoms with Gasteiger partial charge in [0.25, 0.3) is 0 Å². The lowest BCUT2D eigenvalue weighted by atomic mass is 9.85. The number of hydrogen-bond acceptors (Lipinski definition) is 7. The number of carbonyl (C=O) groups is 2. The van der Waals surface area contributed by atoms with Crippen molar-refractivity contribution in [2.75, 3.05) is 52.7 Å². The van der Waals surface area contributed by atoms with Gasteiger partial charge in [-0.05, 0) is 46.0 Å². The number of ether oxygens (including phenoxy) is 2. The van der Waals surface area contributed by atoms with Gasteiger partial charge in [0.1, 0.15) is 5.54 Å². The third-order valence-electron chi connectivity index (χ3n) is 6.13. The fourth-order valence-electron chi connectivity index (χ4n) is 3.01. The molecule has 0 heterocycles. The van der Waals surface area contributed by atoms with Crippen molar-refractivity contribution in [1.29, 1.82) is 0 Å². The van der Waals surface area contributed by atoms with Crippen molar-refractivity contribution in [2.24, 2.45) is 5.41 Å². The number of rotatable bonds is 20. The first-order valence-corrected chi connectivity index (χ1v) is 13.0. The predicted octanol–water partition coefficient (Wildman–Crippen LogP) is 2.50. The van der Waals surface area contributed by atoms with Crippen molar-refractivity contribution in [3.8, 4) is 0 Å². The lowest BCUT2D eigenvalue weighted by molar-refractivity contribution is -0.157. The summed E-state index contributed by atoms with van der Waals surface area (Å²) in [4.78, 5) is 25.0. The molecule has 0 rings (SSSR count). The van der Waals surface area contributed by atoms with E-state index >= 15 is 0 Å². The maximum Gasteiger partial charge on any atom is 0.229 e. The highest BCUT2D eigenvalue weighted by molar-refractivity contribution is 5.82. The molecule has 2 amide bonds. The monoisotopic (exact) mass is 506 g/mol. The molecule has 0 spiro atoms. The molecule has 0 aliphatic heterocycles. The van der Waals surface area contributed by atoms with Crippen molar-refractivity contribution in [3.63, 3.8) is 0 Å². The lowest BCUT2D eigenvalue weighted by Gasteiger charge is -2.44. The Balaban J connectivity index is 0. The minimum absolute atomic E-state index is 0.187. The van der Waals surface area contributed by atoms with Crippen LogP contribution in [0, 0.1) is 5.41 Å². The van der Waals surface area contributed by atoms with Crippen molar-refractivity contribution in [1.82, 2.24) is 10.2 Å². The Morgan fingerprint density at radius 3 is 1.97 bits per heavy atom. The number of aliphatic hydroxyl groups is 3. The van der Waals surface area contributed by atoms with Gasteiger partial charge in [-0.25, -0.2) is 0 Å². The lowest BCUT2D eigenvalue weighted by Crippen LogP contribution is -2.62. The number of nitrogens with zero attached hydrogens (tertiary/aromatic N) is 1. The Bertz CT molecular complexity index is 524. The summed E-state index contributed by atoms with van der Waals surface area (Å²) in [5.74, 6) is -0.288. The average molecular weight is 507 g/mol. The number of unbranched alkanes of at least 4 members (excludes halogenated alkanes) is 1. The SMILES string of the molecule is CCC(C)(C)OCCC(C)(C)C(=O)N(CCCNC=O)C(CO)(CO)CO.CCCCOCCC. The van der Waals surface area contributed by atoms with E-state index in [1.54, 1.807) is 13.8 Å².